The Morgan fingerprint density at radius 3 is 2.83 bits per heavy atom. The first-order valence-electron chi connectivity index (χ1n) is 4.12. The van der Waals surface area contributed by atoms with Gasteiger partial charge in [-0.2, -0.15) is 11.8 Å². The molecule has 74 valence electrons. The average molecular weight is 212 g/mol. The highest BCUT2D eigenvalue weighted by Crippen LogP contribution is 1.95. The molecule has 0 radical (unpaired) electrons. The predicted molar refractivity (Wildman–Crippen MR) is 57.4 cm³/mol. The number of hydrogen-bond donors (Lipinski definition) is 1. The monoisotopic (exact) mass is 211 g/mol. The maximum absolute atomic E-state index is 5.71. The highest BCUT2D eigenvalue weighted by molar-refractivity contribution is 7.98. The summed E-state index contributed by atoms with van der Waals surface area (Å²) in [6, 6.07) is 0.304. The van der Waals surface area contributed by atoms with Gasteiger partial charge in [-0.15, -0.1) is 11.6 Å². The maximum Gasteiger partial charge on any atom is 0.0627 e. The molecule has 0 saturated carbocycles. The van der Waals surface area contributed by atoms with Crippen molar-refractivity contribution in [2.24, 2.45) is 0 Å². The van der Waals surface area contributed by atoms with Crippen molar-refractivity contribution in [3.8, 4) is 0 Å². The molecule has 0 amide bonds. The molecule has 0 aromatic heterocycles. The molecule has 0 aromatic rings. The van der Waals surface area contributed by atoms with Crippen molar-refractivity contribution in [1.29, 1.82) is 0 Å². The summed E-state index contributed by atoms with van der Waals surface area (Å²) in [5.74, 6) is 1.82. The Kier molecular flexibility index (Phi) is 10.1. The number of thioether (sulfide) groups is 1. The van der Waals surface area contributed by atoms with Crippen LogP contribution in [0.3, 0.4) is 0 Å². The minimum Gasteiger partial charge on any atom is -0.383 e. The first-order valence-corrected chi connectivity index (χ1v) is 6.05. The second-order valence-electron chi connectivity index (χ2n) is 2.61. The highest BCUT2D eigenvalue weighted by Gasteiger charge is 2.03. The molecule has 2 nitrogen and oxygen atoms in total. The standard InChI is InChI=1S/C8H18ClNOS/c1-11-7-8(6-9)10-4-3-5-12-2/h8,10H,3-7H2,1-2H3. The molecule has 1 atom stereocenters. The molecule has 0 aliphatic carbocycles. The fourth-order valence-electron chi connectivity index (χ4n) is 0.882. The van der Waals surface area contributed by atoms with Crippen LogP contribution in [0.25, 0.3) is 0 Å². The molecular formula is C8H18ClNOS. The molecule has 1 unspecified atom stereocenters. The van der Waals surface area contributed by atoms with Gasteiger partial charge in [0.2, 0.25) is 0 Å². The Morgan fingerprint density at radius 2 is 2.33 bits per heavy atom. The van der Waals surface area contributed by atoms with E-state index in [0.29, 0.717) is 18.5 Å². The number of ether oxygens (including phenoxy) is 1. The third kappa shape index (κ3) is 7.22. The minimum atomic E-state index is 0.304. The first kappa shape index (κ1) is 12.6. The van der Waals surface area contributed by atoms with Crippen molar-refractivity contribution >= 4 is 23.4 Å². The van der Waals surface area contributed by atoms with Gasteiger partial charge in [-0.1, -0.05) is 0 Å². The lowest BCUT2D eigenvalue weighted by molar-refractivity contribution is 0.173. The molecule has 1 N–H and O–H groups in total. The Hall–Kier alpha value is 0.560. The van der Waals surface area contributed by atoms with E-state index in [1.54, 1.807) is 7.11 Å². The van der Waals surface area contributed by atoms with Gasteiger partial charge in [-0.25, -0.2) is 0 Å². The van der Waals surface area contributed by atoms with E-state index in [-0.39, 0.29) is 0 Å². The third-order valence-corrected chi connectivity index (χ3v) is 2.58. The summed E-state index contributed by atoms with van der Waals surface area (Å²) < 4.78 is 5.00. The van der Waals surface area contributed by atoms with Crippen molar-refractivity contribution in [2.45, 2.75) is 12.5 Å². The number of nitrogens with one attached hydrogen (secondary N) is 1. The molecule has 0 aliphatic heterocycles. The van der Waals surface area contributed by atoms with E-state index < -0.39 is 0 Å². The van der Waals surface area contributed by atoms with E-state index in [0.717, 1.165) is 6.54 Å². The summed E-state index contributed by atoms with van der Waals surface area (Å²) in [4.78, 5) is 0. The third-order valence-electron chi connectivity index (χ3n) is 1.51. The van der Waals surface area contributed by atoms with Gasteiger partial charge in [-0.3, -0.25) is 0 Å². The molecule has 0 aromatic carbocycles. The summed E-state index contributed by atoms with van der Waals surface area (Å²) >= 11 is 7.58. The zero-order valence-corrected chi connectivity index (χ0v) is 9.38. The van der Waals surface area contributed by atoms with Crippen LogP contribution in [0, 0.1) is 0 Å². The normalized spacial score (nSPS) is 13.2. The Labute approximate surface area is 84.4 Å². The molecule has 4 heteroatoms. The Morgan fingerprint density at radius 1 is 1.58 bits per heavy atom. The molecule has 0 saturated heterocycles. The minimum absolute atomic E-state index is 0.304. The molecular weight excluding hydrogens is 194 g/mol. The fraction of sp³-hybridized carbons (Fsp3) is 1.00. The summed E-state index contributed by atoms with van der Waals surface area (Å²) in [6.45, 7) is 1.73. The van der Waals surface area contributed by atoms with Crippen molar-refractivity contribution in [1.82, 2.24) is 5.32 Å². The zero-order valence-electron chi connectivity index (χ0n) is 7.81. The van der Waals surface area contributed by atoms with E-state index in [4.69, 9.17) is 16.3 Å². The number of alkyl halides is 1. The van der Waals surface area contributed by atoms with Gasteiger partial charge < -0.3 is 10.1 Å². The zero-order chi connectivity index (χ0) is 9.23. The second-order valence-corrected chi connectivity index (χ2v) is 3.90. The quantitative estimate of drug-likeness (QED) is 0.487. The van der Waals surface area contributed by atoms with E-state index in [1.807, 2.05) is 11.8 Å². The molecule has 0 fully saturated rings. The summed E-state index contributed by atoms with van der Waals surface area (Å²) in [5, 5.41) is 3.33. The lowest BCUT2D eigenvalue weighted by atomic mass is 10.3. The topological polar surface area (TPSA) is 21.3 Å². The number of rotatable bonds is 8. The summed E-state index contributed by atoms with van der Waals surface area (Å²) in [6.07, 6.45) is 3.31. The van der Waals surface area contributed by atoms with Crippen LogP contribution in [0.5, 0.6) is 0 Å². The summed E-state index contributed by atoms with van der Waals surface area (Å²) in [5.41, 5.74) is 0. The molecule has 12 heavy (non-hydrogen) atoms. The number of methoxy groups -OCH3 is 1. The van der Waals surface area contributed by atoms with E-state index >= 15 is 0 Å². The lowest BCUT2D eigenvalue weighted by Crippen LogP contribution is -2.35. The molecule has 0 rings (SSSR count). The first-order chi connectivity index (χ1) is 5.85. The van der Waals surface area contributed by atoms with Gasteiger partial charge >= 0.3 is 0 Å². The van der Waals surface area contributed by atoms with Crippen LogP contribution in [0.1, 0.15) is 6.42 Å². The van der Waals surface area contributed by atoms with Gasteiger partial charge in [0, 0.05) is 19.0 Å². The average Bonchev–Trinajstić information content (AvgIpc) is 2.10. The van der Waals surface area contributed by atoms with Crippen molar-refractivity contribution in [3.63, 3.8) is 0 Å². The van der Waals surface area contributed by atoms with Crippen LogP contribution in [-0.2, 0) is 4.74 Å². The summed E-state index contributed by atoms with van der Waals surface area (Å²) in [7, 11) is 1.70. The lowest BCUT2D eigenvalue weighted by Gasteiger charge is -2.14. The Balaban J connectivity index is 3.19. The SMILES string of the molecule is COCC(CCl)NCCCSC. The van der Waals surface area contributed by atoms with Gasteiger partial charge in [0.25, 0.3) is 0 Å². The van der Waals surface area contributed by atoms with Gasteiger partial charge in [0.15, 0.2) is 0 Å². The van der Waals surface area contributed by atoms with Crippen LogP contribution in [0.4, 0.5) is 0 Å². The molecule has 0 spiro atoms. The molecule has 0 aliphatic rings. The van der Waals surface area contributed by atoms with Gasteiger partial charge in [0.05, 0.1) is 6.61 Å². The highest BCUT2D eigenvalue weighted by atomic mass is 35.5. The van der Waals surface area contributed by atoms with Crippen LogP contribution in [0.15, 0.2) is 0 Å². The van der Waals surface area contributed by atoms with Crippen molar-refractivity contribution in [3.05, 3.63) is 0 Å². The molecule has 0 heterocycles. The smallest absolute Gasteiger partial charge is 0.0627 e. The molecule has 0 bridgehead atoms. The van der Waals surface area contributed by atoms with Crippen LogP contribution in [0.2, 0.25) is 0 Å². The van der Waals surface area contributed by atoms with Crippen LogP contribution < -0.4 is 5.32 Å². The number of halogens is 1. The van der Waals surface area contributed by atoms with Gasteiger partial charge in [-0.05, 0) is 25.0 Å². The predicted octanol–water partition coefficient (Wildman–Crippen LogP) is 1.58. The van der Waals surface area contributed by atoms with Crippen molar-refractivity contribution in [2.75, 3.05) is 38.2 Å². The Bertz CT molecular complexity index is 95.1. The van der Waals surface area contributed by atoms with Crippen molar-refractivity contribution < 1.29 is 4.74 Å². The number of hydrogen-bond acceptors (Lipinski definition) is 3. The van der Waals surface area contributed by atoms with E-state index in [2.05, 4.69) is 11.6 Å². The van der Waals surface area contributed by atoms with E-state index in [1.165, 1.54) is 12.2 Å². The van der Waals surface area contributed by atoms with Crippen LogP contribution >= 0.6 is 23.4 Å². The maximum atomic E-state index is 5.71. The largest absolute Gasteiger partial charge is 0.383 e. The van der Waals surface area contributed by atoms with Crippen LogP contribution in [-0.4, -0.2) is 44.2 Å². The second kappa shape index (κ2) is 9.65. The van der Waals surface area contributed by atoms with E-state index in [9.17, 15) is 0 Å². The fourth-order valence-corrected chi connectivity index (χ4v) is 1.51. The van der Waals surface area contributed by atoms with Gasteiger partial charge in [0.1, 0.15) is 0 Å².